The minimum Gasteiger partial charge on any atom is -0.334 e. The molecule has 1 aromatic heterocycles. The molecule has 3 nitrogen and oxygen atoms in total. The summed E-state index contributed by atoms with van der Waals surface area (Å²) in [4.78, 5) is 8.83. The first-order valence-electron chi connectivity index (χ1n) is 7.32. The van der Waals surface area contributed by atoms with Crippen molar-refractivity contribution < 1.29 is 0 Å². The van der Waals surface area contributed by atoms with Crippen molar-refractivity contribution in [3.05, 3.63) is 36.7 Å². The van der Waals surface area contributed by atoms with Crippen molar-refractivity contribution in [1.82, 2.24) is 4.98 Å². The molecule has 110 valence electrons. The molecule has 0 saturated heterocycles. The summed E-state index contributed by atoms with van der Waals surface area (Å²) < 4.78 is 0. The number of anilines is 1. The SMILES string of the molecule is CC(C)(C)CC1CN=C(Nc2cccc3cnccc23)S1. The van der Waals surface area contributed by atoms with Gasteiger partial charge < -0.3 is 5.32 Å². The zero-order valence-electron chi connectivity index (χ0n) is 12.8. The molecular formula is C17H21N3S. The molecule has 21 heavy (non-hydrogen) atoms. The predicted octanol–water partition coefficient (Wildman–Crippen LogP) is 4.55. The Hall–Kier alpha value is -1.55. The van der Waals surface area contributed by atoms with Crippen LogP contribution in [0.2, 0.25) is 0 Å². The van der Waals surface area contributed by atoms with E-state index in [1.165, 1.54) is 11.8 Å². The van der Waals surface area contributed by atoms with Gasteiger partial charge in [0.05, 0.1) is 6.54 Å². The zero-order chi connectivity index (χ0) is 14.9. The molecule has 4 heteroatoms. The predicted molar refractivity (Wildman–Crippen MR) is 93.1 cm³/mol. The number of hydrogen-bond acceptors (Lipinski definition) is 4. The summed E-state index contributed by atoms with van der Waals surface area (Å²) in [5, 5.41) is 7.45. The van der Waals surface area contributed by atoms with Crippen LogP contribution in [-0.2, 0) is 0 Å². The highest BCUT2D eigenvalue weighted by atomic mass is 32.2. The number of hydrogen-bond donors (Lipinski definition) is 1. The number of aromatic nitrogens is 1. The Balaban J connectivity index is 1.73. The van der Waals surface area contributed by atoms with Gasteiger partial charge >= 0.3 is 0 Å². The first kappa shape index (κ1) is 14.4. The highest BCUT2D eigenvalue weighted by Crippen LogP contribution is 2.33. The molecule has 0 bridgehead atoms. The summed E-state index contributed by atoms with van der Waals surface area (Å²) in [5.41, 5.74) is 1.46. The van der Waals surface area contributed by atoms with Crippen LogP contribution in [0.15, 0.2) is 41.7 Å². The van der Waals surface area contributed by atoms with Crippen molar-refractivity contribution in [2.24, 2.45) is 10.4 Å². The van der Waals surface area contributed by atoms with Crippen molar-refractivity contribution in [2.75, 3.05) is 11.9 Å². The Labute approximate surface area is 130 Å². The van der Waals surface area contributed by atoms with Crippen LogP contribution < -0.4 is 5.32 Å². The van der Waals surface area contributed by atoms with Gasteiger partial charge in [-0.15, -0.1) is 0 Å². The van der Waals surface area contributed by atoms with E-state index in [0.29, 0.717) is 10.7 Å². The first-order valence-corrected chi connectivity index (χ1v) is 8.20. The molecule has 0 radical (unpaired) electrons. The minimum atomic E-state index is 0.355. The van der Waals surface area contributed by atoms with Crippen LogP contribution in [-0.4, -0.2) is 21.9 Å². The average molecular weight is 299 g/mol. The monoisotopic (exact) mass is 299 g/mol. The highest BCUT2D eigenvalue weighted by molar-refractivity contribution is 8.15. The van der Waals surface area contributed by atoms with Gasteiger partial charge in [0, 0.05) is 34.1 Å². The fourth-order valence-electron chi connectivity index (χ4n) is 2.62. The molecule has 1 N–H and O–H groups in total. The highest BCUT2D eigenvalue weighted by Gasteiger charge is 2.25. The standard InChI is InChI=1S/C17H21N3S/c1-17(2,3)9-13-11-19-16(21-13)20-15-6-4-5-12-10-18-8-7-14(12)15/h4-8,10,13H,9,11H2,1-3H3,(H,19,20). The number of pyridine rings is 1. The van der Waals surface area contributed by atoms with Crippen LogP contribution in [0.25, 0.3) is 10.8 Å². The number of fused-ring (bicyclic) bond motifs is 1. The van der Waals surface area contributed by atoms with E-state index in [4.69, 9.17) is 0 Å². The van der Waals surface area contributed by atoms with E-state index in [9.17, 15) is 0 Å². The molecule has 2 aromatic rings. The molecule has 1 aromatic carbocycles. The summed E-state index contributed by atoms with van der Waals surface area (Å²) in [7, 11) is 0. The Morgan fingerprint density at radius 2 is 2.14 bits per heavy atom. The van der Waals surface area contributed by atoms with E-state index >= 15 is 0 Å². The molecular weight excluding hydrogens is 278 g/mol. The summed E-state index contributed by atoms with van der Waals surface area (Å²) in [6.07, 6.45) is 4.91. The van der Waals surface area contributed by atoms with Crippen LogP contribution in [0.4, 0.5) is 5.69 Å². The van der Waals surface area contributed by atoms with Gasteiger partial charge in [0.15, 0.2) is 5.17 Å². The largest absolute Gasteiger partial charge is 0.334 e. The van der Waals surface area contributed by atoms with Crippen LogP contribution in [0.3, 0.4) is 0 Å². The topological polar surface area (TPSA) is 37.3 Å². The van der Waals surface area contributed by atoms with E-state index in [0.717, 1.165) is 22.8 Å². The van der Waals surface area contributed by atoms with Crippen LogP contribution in [0.1, 0.15) is 27.2 Å². The lowest BCUT2D eigenvalue weighted by Gasteiger charge is -2.21. The van der Waals surface area contributed by atoms with Gasteiger partial charge in [-0.2, -0.15) is 0 Å². The van der Waals surface area contributed by atoms with E-state index < -0.39 is 0 Å². The lowest BCUT2D eigenvalue weighted by atomic mass is 9.90. The van der Waals surface area contributed by atoms with Crippen molar-refractivity contribution in [3.8, 4) is 0 Å². The van der Waals surface area contributed by atoms with Gasteiger partial charge in [0.2, 0.25) is 0 Å². The normalized spacial score (nSPS) is 18.8. The lowest BCUT2D eigenvalue weighted by Crippen LogP contribution is -2.16. The van der Waals surface area contributed by atoms with Gasteiger partial charge in [-0.05, 0) is 24.0 Å². The van der Waals surface area contributed by atoms with Crippen molar-refractivity contribution in [2.45, 2.75) is 32.4 Å². The number of rotatable bonds is 2. The molecule has 1 unspecified atom stereocenters. The zero-order valence-corrected chi connectivity index (χ0v) is 13.6. The molecule has 1 aliphatic rings. The van der Waals surface area contributed by atoms with Gasteiger partial charge in [0.25, 0.3) is 0 Å². The van der Waals surface area contributed by atoms with Crippen LogP contribution in [0.5, 0.6) is 0 Å². The number of aliphatic imine (C=N–C) groups is 1. The summed E-state index contributed by atoms with van der Waals surface area (Å²) in [5.74, 6) is 0. The Bertz CT molecular complexity index is 668. The summed E-state index contributed by atoms with van der Waals surface area (Å²) in [6, 6.07) is 8.28. The fraction of sp³-hybridized carbons (Fsp3) is 0.412. The molecule has 0 aliphatic carbocycles. The lowest BCUT2D eigenvalue weighted by molar-refractivity contribution is 0.375. The molecule has 0 amide bonds. The van der Waals surface area contributed by atoms with Crippen molar-refractivity contribution in [1.29, 1.82) is 0 Å². The van der Waals surface area contributed by atoms with Gasteiger partial charge in [-0.3, -0.25) is 9.98 Å². The molecule has 0 fully saturated rings. The quantitative estimate of drug-likeness (QED) is 0.883. The molecule has 0 saturated carbocycles. The maximum absolute atomic E-state index is 4.66. The Kier molecular flexibility index (Phi) is 3.89. The van der Waals surface area contributed by atoms with Gasteiger partial charge in [-0.25, -0.2) is 0 Å². The molecule has 3 rings (SSSR count). The number of benzene rings is 1. The van der Waals surface area contributed by atoms with Crippen LogP contribution in [0, 0.1) is 5.41 Å². The molecule has 1 aliphatic heterocycles. The third kappa shape index (κ3) is 3.56. The van der Waals surface area contributed by atoms with E-state index in [2.05, 4.69) is 54.3 Å². The molecule has 1 atom stereocenters. The van der Waals surface area contributed by atoms with Crippen molar-refractivity contribution >= 4 is 33.4 Å². The van der Waals surface area contributed by atoms with Gasteiger partial charge in [-0.1, -0.05) is 44.7 Å². The van der Waals surface area contributed by atoms with Gasteiger partial charge in [0.1, 0.15) is 0 Å². The van der Waals surface area contributed by atoms with E-state index in [1.54, 1.807) is 0 Å². The smallest absolute Gasteiger partial charge is 0.161 e. The Morgan fingerprint density at radius 1 is 1.29 bits per heavy atom. The molecule has 0 spiro atoms. The van der Waals surface area contributed by atoms with Crippen molar-refractivity contribution in [3.63, 3.8) is 0 Å². The number of amidine groups is 1. The van der Waals surface area contributed by atoms with E-state index in [1.807, 2.05) is 30.2 Å². The third-order valence-electron chi connectivity index (χ3n) is 3.48. The first-order chi connectivity index (χ1) is 10.0. The number of thioether (sulfide) groups is 1. The second-order valence-corrected chi connectivity index (χ2v) is 7.97. The van der Waals surface area contributed by atoms with Crippen LogP contribution >= 0.6 is 11.8 Å². The number of nitrogens with zero attached hydrogens (tertiary/aromatic N) is 2. The van der Waals surface area contributed by atoms with E-state index in [-0.39, 0.29) is 0 Å². The second kappa shape index (κ2) is 5.68. The summed E-state index contributed by atoms with van der Waals surface area (Å²) in [6.45, 7) is 7.78. The summed E-state index contributed by atoms with van der Waals surface area (Å²) >= 11 is 1.86. The Morgan fingerprint density at radius 3 is 2.95 bits per heavy atom. The molecule has 2 heterocycles. The maximum atomic E-state index is 4.66. The third-order valence-corrected chi connectivity index (χ3v) is 4.58. The average Bonchev–Trinajstić information content (AvgIpc) is 2.84. The number of nitrogens with one attached hydrogen (secondary N) is 1. The minimum absolute atomic E-state index is 0.355. The fourth-order valence-corrected chi connectivity index (χ4v) is 3.99. The second-order valence-electron chi connectivity index (χ2n) is 6.68. The maximum Gasteiger partial charge on any atom is 0.161 e.